The van der Waals surface area contributed by atoms with Gasteiger partial charge in [0.2, 0.25) is 5.91 Å². The number of nitro groups is 1. The molecule has 2 aromatic rings. The van der Waals surface area contributed by atoms with E-state index in [0.717, 1.165) is 10.4 Å². The number of benzene rings is 1. The van der Waals surface area contributed by atoms with Crippen molar-refractivity contribution in [3.8, 4) is 0 Å². The van der Waals surface area contributed by atoms with Crippen molar-refractivity contribution in [1.29, 1.82) is 0 Å². The standard InChI is InChI=1S/C13H12ClN3O3S/c1-7-2-12(17(19)20)10(14)4-11(7)16-5-9-3-8(6-21-9)13(15)18/h2-4,6,16H,5H2,1H3,(H2,15,18). The number of thiophene rings is 1. The van der Waals surface area contributed by atoms with E-state index in [0.29, 0.717) is 17.8 Å². The van der Waals surface area contributed by atoms with Crippen LogP contribution in [0.5, 0.6) is 0 Å². The van der Waals surface area contributed by atoms with Gasteiger partial charge in [0.05, 0.1) is 10.5 Å². The highest BCUT2D eigenvalue weighted by molar-refractivity contribution is 7.10. The fourth-order valence-electron chi connectivity index (χ4n) is 1.78. The molecule has 0 aliphatic rings. The number of anilines is 1. The van der Waals surface area contributed by atoms with Gasteiger partial charge in [-0.2, -0.15) is 0 Å². The molecule has 6 nitrogen and oxygen atoms in total. The van der Waals surface area contributed by atoms with Gasteiger partial charge in [-0.15, -0.1) is 11.3 Å². The van der Waals surface area contributed by atoms with E-state index in [9.17, 15) is 14.9 Å². The summed E-state index contributed by atoms with van der Waals surface area (Å²) in [6, 6.07) is 4.66. The maximum atomic E-state index is 11.0. The van der Waals surface area contributed by atoms with Gasteiger partial charge in [0, 0.05) is 28.6 Å². The van der Waals surface area contributed by atoms with E-state index in [1.54, 1.807) is 18.4 Å². The average Bonchev–Trinajstić information content (AvgIpc) is 2.88. The molecule has 0 saturated carbocycles. The van der Waals surface area contributed by atoms with Crippen LogP contribution in [0.15, 0.2) is 23.6 Å². The van der Waals surface area contributed by atoms with Crippen molar-refractivity contribution < 1.29 is 9.72 Å². The van der Waals surface area contributed by atoms with Gasteiger partial charge in [-0.25, -0.2) is 0 Å². The quantitative estimate of drug-likeness (QED) is 0.650. The number of amides is 1. The normalized spacial score (nSPS) is 10.4. The molecule has 110 valence electrons. The van der Waals surface area contributed by atoms with Crippen LogP contribution >= 0.6 is 22.9 Å². The molecule has 3 N–H and O–H groups in total. The Bertz CT molecular complexity index is 715. The van der Waals surface area contributed by atoms with Crippen LogP contribution in [0, 0.1) is 17.0 Å². The van der Waals surface area contributed by atoms with Gasteiger partial charge in [0.25, 0.3) is 5.69 Å². The van der Waals surface area contributed by atoms with Crippen molar-refractivity contribution in [1.82, 2.24) is 0 Å². The molecule has 0 radical (unpaired) electrons. The Morgan fingerprint density at radius 1 is 1.48 bits per heavy atom. The molecular formula is C13H12ClN3O3S. The van der Waals surface area contributed by atoms with Gasteiger partial charge >= 0.3 is 0 Å². The Morgan fingerprint density at radius 3 is 2.76 bits per heavy atom. The van der Waals surface area contributed by atoms with Crippen LogP contribution < -0.4 is 11.1 Å². The van der Waals surface area contributed by atoms with Gasteiger partial charge in [-0.05, 0) is 24.6 Å². The lowest BCUT2D eigenvalue weighted by molar-refractivity contribution is -0.384. The Labute approximate surface area is 129 Å². The third-order valence-corrected chi connectivity index (χ3v) is 4.12. The number of aryl methyl sites for hydroxylation is 1. The molecule has 21 heavy (non-hydrogen) atoms. The number of hydrogen-bond donors (Lipinski definition) is 2. The molecule has 0 atom stereocenters. The van der Waals surface area contributed by atoms with Crippen LogP contribution in [0.1, 0.15) is 20.8 Å². The molecular weight excluding hydrogens is 314 g/mol. The summed E-state index contributed by atoms with van der Waals surface area (Å²) in [6.07, 6.45) is 0. The number of primary amides is 1. The number of nitrogens with two attached hydrogens (primary N) is 1. The van der Waals surface area contributed by atoms with Crippen LogP contribution in [0.2, 0.25) is 5.02 Å². The number of rotatable bonds is 5. The Hall–Kier alpha value is -2.12. The number of halogens is 1. The third kappa shape index (κ3) is 3.50. The molecule has 0 fully saturated rings. The van der Waals surface area contributed by atoms with Crippen LogP contribution in [0.25, 0.3) is 0 Å². The van der Waals surface area contributed by atoms with Crippen molar-refractivity contribution >= 4 is 40.2 Å². The van der Waals surface area contributed by atoms with Crippen LogP contribution in [-0.4, -0.2) is 10.8 Å². The molecule has 8 heteroatoms. The zero-order valence-corrected chi connectivity index (χ0v) is 12.6. The molecule has 0 saturated heterocycles. The topological polar surface area (TPSA) is 98.3 Å². The molecule has 1 amide bonds. The maximum absolute atomic E-state index is 11.0. The molecule has 0 bridgehead atoms. The number of nitrogens with zero attached hydrogens (tertiary/aromatic N) is 1. The summed E-state index contributed by atoms with van der Waals surface area (Å²) >= 11 is 7.29. The summed E-state index contributed by atoms with van der Waals surface area (Å²) in [5, 5.41) is 15.7. The number of carbonyl (C=O) groups is 1. The first-order valence-corrected chi connectivity index (χ1v) is 7.20. The molecule has 2 rings (SSSR count). The summed E-state index contributed by atoms with van der Waals surface area (Å²) < 4.78 is 0. The summed E-state index contributed by atoms with van der Waals surface area (Å²) in [5.74, 6) is -0.466. The molecule has 0 unspecified atom stereocenters. The molecule has 0 aliphatic heterocycles. The van der Waals surface area contributed by atoms with Crippen molar-refractivity contribution in [3.05, 3.63) is 54.7 Å². The maximum Gasteiger partial charge on any atom is 0.288 e. The summed E-state index contributed by atoms with van der Waals surface area (Å²) in [6.45, 7) is 2.24. The summed E-state index contributed by atoms with van der Waals surface area (Å²) in [4.78, 5) is 22.2. The van der Waals surface area contributed by atoms with E-state index in [4.69, 9.17) is 17.3 Å². The molecule has 1 aromatic heterocycles. The number of hydrogen-bond acceptors (Lipinski definition) is 5. The predicted molar refractivity (Wildman–Crippen MR) is 83.0 cm³/mol. The van der Waals surface area contributed by atoms with Crippen molar-refractivity contribution in [2.24, 2.45) is 5.73 Å². The Morgan fingerprint density at radius 2 is 2.19 bits per heavy atom. The van der Waals surface area contributed by atoms with Gasteiger partial charge in [0.15, 0.2) is 0 Å². The fourth-order valence-corrected chi connectivity index (χ4v) is 2.83. The molecule has 0 spiro atoms. The molecule has 0 aliphatic carbocycles. The fraction of sp³-hybridized carbons (Fsp3) is 0.154. The van der Waals surface area contributed by atoms with Crippen molar-refractivity contribution in [2.45, 2.75) is 13.5 Å². The van der Waals surface area contributed by atoms with Gasteiger partial charge in [-0.3, -0.25) is 14.9 Å². The van der Waals surface area contributed by atoms with E-state index >= 15 is 0 Å². The van der Waals surface area contributed by atoms with Crippen molar-refractivity contribution in [3.63, 3.8) is 0 Å². The number of nitrogens with one attached hydrogen (secondary N) is 1. The van der Waals surface area contributed by atoms with E-state index in [-0.39, 0.29) is 10.7 Å². The smallest absolute Gasteiger partial charge is 0.288 e. The predicted octanol–water partition coefficient (Wildman–Crippen LogP) is 3.33. The first kappa shape index (κ1) is 15.3. The lowest BCUT2D eigenvalue weighted by Gasteiger charge is -2.09. The number of carbonyl (C=O) groups excluding carboxylic acids is 1. The van der Waals surface area contributed by atoms with E-state index < -0.39 is 10.8 Å². The highest BCUT2D eigenvalue weighted by Crippen LogP contribution is 2.31. The SMILES string of the molecule is Cc1cc([N+](=O)[O-])c(Cl)cc1NCc1cc(C(N)=O)cs1. The van der Waals surface area contributed by atoms with E-state index in [1.807, 2.05) is 0 Å². The minimum absolute atomic E-state index is 0.0807. The lowest BCUT2D eigenvalue weighted by Crippen LogP contribution is -2.09. The Kier molecular flexibility index (Phi) is 4.44. The zero-order valence-electron chi connectivity index (χ0n) is 11.1. The second-order valence-corrected chi connectivity index (χ2v) is 5.80. The van der Waals surface area contributed by atoms with E-state index in [1.165, 1.54) is 23.5 Å². The lowest BCUT2D eigenvalue weighted by atomic mass is 10.1. The third-order valence-electron chi connectivity index (χ3n) is 2.88. The minimum atomic E-state index is -0.516. The Balaban J connectivity index is 2.14. The monoisotopic (exact) mass is 325 g/mol. The largest absolute Gasteiger partial charge is 0.380 e. The van der Waals surface area contributed by atoms with Crippen LogP contribution in [-0.2, 0) is 6.54 Å². The highest BCUT2D eigenvalue weighted by Gasteiger charge is 2.15. The summed E-state index contributed by atoms with van der Waals surface area (Å²) in [5.41, 5.74) is 6.97. The average molecular weight is 326 g/mol. The van der Waals surface area contributed by atoms with Gasteiger partial charge in [0.1, 0.15) is 5.02 Å². The summed E-state index contributed by atoms with van der Waals surface area (Å²) in [7, 11) is 0. The minimum Gasteiger partial charge on any atom is -0.380 e. The first-order chi connectivity index (χ1) is 9.88. The molecule has 1 heterocycles. The highest BCUT2D eigenvalue weighted by atomic mass is 35.5. The first-order valence-electron chi connectivity index (χ1n) is 5.94. The van der Waals surface area contributed by atoms with Gasteiger partial charge < -0.3 is 11.1 Å². The van der Waals surface area contributed by atoms with Crippen molar-refractivity contribution in [2.75, 3.05) is 5.32 Å². The second kappa shape index (κ2) is 6.11. The number of nitro benzene ring substituents is 1. The van der Waals surface area contributed by atoms with Crippen LogP contribution in [0.3, 0.4) is 0 Å². The van der Waals surface area contributed by atoms with E-state index in [2.05, 4.69) is 5.32 Å². The zero-order chi connectivity index (χ0) is 15.6. The molecule has 1 aromatic carbocycles. The van der Waals surface area contributed by atoms with Crippen LogP contribution in [0.4, 0.5) is 11.4 Å². The second-order valence-electron chi connectivity index (χ2n) is 4.40. The van der Waals surface area contributed by atoms with Gasteiger partial charge in [-0.1, -0.05) is 11.6 Å².